The summed E-state index contributed by atoms with van der Waals surface area (Å²) in [5, 5.41) is 22.7. The van der Waals surface area contributed by atoms with Gasteiger partial charge < -0.3 is 48.9 Å². The van der Waals surface area contributed by atoms with Crippen molar-refractivity contribution in [3.8, 4) is 68.6 Å². The first-order valence-electron chi connectivity index (χ1n) is 21.2. The van der Waals surface area contributed by atoms with E-state index in [-0.39, 0.29) is 63.1 Å². The molecule has 2 aromatic carbocycles. The Balaban J connectivity index is 0.000000219. The van der Waals surface area contributed by atoms with Crippen molar-refractivity contribution in [2.75, 3.05) is 60.4 Å². The van der Waals surface area contributed by atoms with Crippen LogP contribution in [0.1, 0.15) is 32.1 Å². The van der Waals surface area contributed by atoms with Gasteiger partial charge in [0.2, 0.25) is 23.7 Å². The van der Waals surface area contributed by atoms with Crippen molar-refractivity contribution in [2.24, 2.45) is 0 Å². The van der Waals surface area contributed by atoms with Gasteiger partial charge in [-0.1, -0.05) is 0 Å². The van der Waals surface area contributed by atoms with Crippen LogP contribution in [0.5, 0.6) is 34.8 Å². The maximum atomic E-state index is 13.3. The highest BCUT2D eigenvalue weighted by Crippen LogP contribution is 2.36. The highest BCUT2D eigenvalue weighted by atomic mass is 19.4. The number of aromatic carboxylic acids is 1. The van der Waals surface area contributed by atoms with Crippen molar-refractivity contribution in [3.63, 3.8) is 0 Å². The van der Waals surface area contributed by atoms with Gasteiger partial charge in [-0.2, -0.15) is 46.5 Å². The second kappa shape index (κ2) is 22.3. The third-order valence-corrected chi connectivity index (χ3v) is 10.3. The van der Waals surface area contributed by atoms with Gasteiger partial charge in [0.1, 0.15) is 34.1 Å². The van der Waals surface area contributed by atoms with E-state index in [2.05, 4.69) is 50.7 Å². The summed E-state index contributed by atoms with van der Waals surface area (Å²) in [5.74, 6) is -0.251. The van der Waals surface area contributed by atoms with Crippen molar-refractivity contribution < 1.29 is 74.2 Å². The first-order chi connectivity index (χ1) is 35.8. The number of halogens is 6. The van der Waals surface area contributed by atoms with Crippen molar-refractivity contribution >= 4 is 35.2 Å². The number of aromatic nitrogens is 10. The second-order valence-electron chi connectivity index (χ2n) is 15.0. The molecule has 75 heavy (non-hydrogen) atoms. The molecule has 0 aliphatic rings. The lowest BCUT2D eigenvalue weighted by Gasteiger charge is -2.14. The summed E-state index contributed by atoms with van der Waals surface area (Å²) >= 11 is 0. The molecule has 0 aliphatic carbocycles. The molecular weight excluding hydrogens is 1010 g/mol. The number of esters is 1. The maximum absolute atomic E-state index is 13.3. The number of ether oxygens (including phenoxy) is 7. The molecule has 8 rings (SSSR count). The van der Waals surface area contributed by atoms with Gasteiger partial charge in [0.15, 0.2) is 23.0 Å². The van der Waals surface area contributed by atoms with Crippen LogP contribution in [0, 0.1) is 0 Å². The van der Waals surface area contributed by atoms with Crippen molar-refractivity contribution in [1.82, 2.24) is 49.5 Å². The Morgan fingerprint density at radius 2 is 0.907 bits per heavy atom. The molecule has 0 saturated carbocycles. The Morgan fingerprint density at radius 1 is 0.520 bits per heavy atom. The predicted molar refractivity (Wildman–Crippen MR) is 252 cm³/mol. The highest BCUT2D eigenvalue weighted by Gasteiger charge is 2.35. The average Bonchev–Trinajstić information content (AvgIpc) is 4.13. The number of methoxy groups -OCH3 is 7. The molecule has 0 bridgehead atoms. The van der Waals surface area contributed by atoms with E-state index < -0.39 is 35.7 Å². The normalized spacial score (nSPS) is 11.2. The molecular formula is C47H40F6N12O10. The summed E-state index contributed by atoms with van der Waals surface area (Å²) in [6, 6.07) is 14.2. The number of pyridine rings is 2. The number of anilines is 4. The van der Waals surface area contributed by atoms with E-state index in [0.717, 1.165) is 33.9 Å². The quantitative estimate of drug-likeness (QED) is 0.0605. The van der Waals surface area contributed by atoms with E-state index in [1.54, 1.807) is 36.4 Å². The summed E-state index contributed by atoms with van der Waals surface area (Å²) in [7, 11) is 9.73. The number of benzene rings is 2. The summed E-state index contributed by atoms with van der Waals surface area (Å²) in [4.78, 5) is 49.4. The Bertz CT molecular complexity index is 3330. The van der Waals surface area contributed by atoms with E-state index >= 15 is 0 Å². The zero-order valence-electron chi connectivity index (χ0n) is 40.1. The van der Waals surface area contributed by atoms with Gasteiger partial charge in [-0.05, 0) is 24.3 Å². The minimum absolute atomic E-state index is 0.000531. The number of carbonyl (C=O) groups excluding carboxylic acids is 1. The number of rotatable bonds is 16. The SMILES string of the molecule is COC(=O)c1cc(-c2cnc(Nc3cc(OC)cc(OC)c3)nc2-n2ccc(C(F)(F)F)n2)cnc1OC.COc1cc(Nc2ncc(-c3cnc(OC)c(C(=O)O)c3)c(-n3ccc(C(F)(F)F)n3)n2)cc(OC)c1. The molecule has 390 valence electrons. The second-order valence-corrected chi connectivity index (χ2v) is 15.0. The molecule has 6 heterocycles. The van der Waals surface area contributed by atoms with Crippen LogP contribution in [0.2, 0.25) is 0 Å². The third-order valence-electron chi connectivity index (χ3n) is 10.3. The Kier molecular flexibility index (Phi) is 15.8. The first kappa shape index (κ1) is 53.0. The Labute approximate surface area is 419 Å². The lowest BCUT2D eigenvalue weighted by Crippen LogP contribution is -2.10. The fourth-order valence-corrected chi connectivity index (χ4v) is 6.76. The number of nitrogens with one attached hydrogen (secondary N) is 2. The van der Waals surface area contributed by atoms with Gasteiger partial charge in [-0.25, -0.2) is 38.9 Å². The summed E-state index contributed by atoms with van der Waals surface area (Å²) in [6.45, 7) is 0. The minimum atomic E-state index is -4.69. The minimum Gasteiger partial charge on any atom is -0.497 e. The monoisotopic (exact) mass is 1050 g/mol. The van der Waals surface area contributed by atoms with Crippen LogP contribution in [-0.4, -0.2) is 116 Å². The van der Waals surface area contributed by atoms with Crippen molar-refractivity contribution in [1.29, 1.82) is 0 Å². The van der Waals surface area contributed by atoms with Crippen LogP contribution in [0.25, 0.3) is 33.9 Å². The lowest BCUT2D eigenvalue weighted by atomic mass is 10.1. The number of hydrogen-bond acceptors (Lipinski definition) is 19. The molecule has 0 saturated heterocycles. The number of hydrogen-bond donors (Lipinski definition) is 3. The number of carbonyl (C=O) groups is 2. The van der Waals surface area contributed by atoms with Gasteiger partial charge in [0, 0.05) is 107 Å². The van der Waals surface area contributed by atoms with E-state index in [0.29, 0.717) is 39.9 Å². The smallest absolute Gasteiger partial charge is 0.435 e. The Hall–Kier alpha value is -9.76. The van der Waals surface area contributed by atoms with Crippen molar-refractivity contribution in [2.45, 2.75) is 12.4 Å². The van der Waals surface area contributed by atoms with Gasteiger partial charge >= 0.3 is 24.3 Å². The topological polar surface area (TPSA) is 256 Å². The molecule has 3 N–H and O–H groups in total. The van der Waals surface area contributed by atoms with Gasteiger partial charge in [-0.15, -0.1) is 0 Å². The average molecular weight is 1050 g/mol. The van der Waals surface area contributed by atoms with Gasteiger partial charge in [-0.3, -0.25) is 0 Å². The van der Waals surface area contributed by atoms with E-state index in [1.165, 1.54) is 86.7 Å². The largest absolute Gasteiger partial charge is 0.497 e. The molecule has 0 aliphatic heterocycles. The van der Waals surface area contributed by atoms with Crippen LogP contribution >= 0.6 is 0 Å². The van der Waals surface area contributed by atoms with E-state index in [4.69, 9.17) is 33.2 Å². The van der Waals surface area contributed by atoms with Crippen LogP contribution in [0.3, 0.4) is 0 Å². The van der Waals surface area contributed by atoms with Crippen molar-refractivity contribution in [3.05, 3.63) is 120 Å². The number of carboxylic acids is 1. The molecule has 0 radical (unpaired) electrons. The molecule has 0 amide bonds. The molecule has 8 aromatic rings. The van der Waals surface area contributed by atoms with Crippen LogP contribution < -0.4 is 39.1 Å². The molecule has 28 heteroatoms. The summed E-state index contributed by atoms with van der Waals surface area (Å²) in [6.07, 6.45) is -1.82. The van der Waals surface area contributed by atoms with Crippen LogP contribution in [-0.2, 0) is 17.1 Å². The van der Waals surface area contributed by atoms with Gasteiger partial charge in [0.25, 0.3) is 0 Å². The van der Waals surface area contributed by atoms with Gasteiger partial charge in [0.05, 0.1) is 49.8 Å². The Morgan fingerprint density at radius 3 is 1.24 bits per heavy atom. The molecule has 0 atom stereocenters. The molecule has 0 unspecified atom stereocenters. The number of nitrogens with zero attached hydrogens (tertiary/aromatic N) is 10. The third kappa shape index (κ3) is 12.3. The highest BCUT2D eigenvalue weighted by molar-refractivity contribution is 5.94. The standard InChI is InChI=1S/C24H21F3N6O5.C23H19F3N6O5/c1-35-15-8-14(9-16(10-15)36-2)30-23-29-12-18(13-7-17(22(34)38-4)21(37-3)28-11-13)20(31-23)33-6-5-19(32-33)24(25,26)27;1-35-14-7-13(8-15(9-14)36-2)29-22-28-11-17(12-6-16(21(33)34)20(37-3)27-10-12)19(30-22)32-5-4-18(31-32)23(24,25)26/h5-12H,1-4H3,(H,29,30,31);4-11H,1-3H3,(H,33,34)(H,28,29,30). The van der Waals surface area contributed by atoms with Crippen LogP contribution in [0.4, 0.5) is 49.6 Å². The fourth-order valence-electron chi connectivity index (χ4n) is 6.76. The molecule has 22 nitrogen and oxygen atoms in total. The molecule has 6 aromatic heterocycles. The zero-order chi connectivity index (χ0) is 54.2. The fraction of sp³-hybridized carbons (Fsp3) is 0.191. The zero-order valence-corrected chi connectivity index (χ0v) is 40.1. The maximum Gasteiger partial charge on any atom is 0.435 e. The number of carboxylic acid groups (broad SMARTS) is 1. The van der Waals surface area contributed by atoms with E-state index in [9.17, 15) is 41.0 Å². The molecule has 0 spiro atoms. The summed E-state index contributed by atoms with van der Waals surface area (Å²) < 4.78 is 117. The first-order valence-corrected chi connectivity index (χ1v) is 21.2. The van der Waals surface area contributed by atoms with E-state index in [1.807, 2.05) is 0 Å². The summed E-state index contributed by atoms with van der Waals surface area (Å²) in [5.41, 5.74) is -0.610. The predicted octanol–water partition coefficient (Wildman–Crippen LogP) is 8.51. The van der Waals surface area contributed by atoms with Crippen LogP contribution in [0.15, 0.2) is 97.8 Å². The number of alkyl halides is 6. The lowest BCUT2D eigenvalue weighted by molar-refractivity contribution is -0.142. The molecule has 0 fully saturated rings.